The van der Waals surface area contributed by atoms with Crippen LogP contribution in [0.1, 0.15) is 62.5 Å². The van der Waals surface area contributed by atoms with Crippen LogP contribution in [0.2, 0.25) is 0 Å². The summed E-state index contributed by atoms with van der Waals surface area (Å²) in [5, 5.41) is 13.0. The highest BCUT2D eigenvalue weighted by Crippen LogP contribution is 2.28. The summed E-state index contributed by atoms with van der Waals surface area (Å²) in [6.45, 7) is 3.05. The maximum absolute atomic E-state index is 13.1. The van der Waals surface area contributed by atoms with Crippen LogP contribution in [0.5, 0.6) is 0 Å². The number of ether oxygens (including phenoxy) is 1. The number of rotatable bonds is 6. The zero-order valence-corrected chi connectivity index (χ0v) is 19.7. The molecule has 3 rings (SSSR count). The van der Waals surface area contributed by atoms with Crippen molar-refractivity contribution in [3.8, 4) is 0 Å². The van der Waals surface area contributed by atoms with Gasteiger partial charge in [-0.05, 0) is 49.9 Å². The topological polar surface area (TPSA) is 113 Å². The number of hydrogen-bond donors (Lipinski definition) is 2. The van der Waals surface area contributed by atoms with Gasteiger partial charge >= 0.3 is 5.97 Å². The Bertz CT molecular complexity index is 924. The first-order chi connectivity index (χ1) is 15.2. The van der Waals surface area contributed by atoms with Crippen LogP contribution in [0.4, 0.5) is 0 Å². The van der Waals surface area contributed by atoms with Crippen LogP contribution >= 0.6 is 0 Å². The number of β-amino-alcohol motifs (C(OH)–C–C–N with tert-alkyl or cyclic N) is 1. The molecule has 1 aliphatic heterocycles. The predicted molar refractivity (Wildman–Crippen MR) is 119 cm³/mol. The van der Waals surface area contributed by atoms with E-state index in [0.29, 0.717) is 0 Å². The quantitative estimate of drug-likeness (QED) is 0.622. The molecule has 1 aromatic carbocycles. The van der Waals surface area contributed by atoms with Crippen LogP contribution in [0.3, 0.4) is 0 Å². The number of hydrogen-bond acceptors (Lipinski definition) is 6. The van der Waals surface area contributed by atoms with E-state index >= 15 is 0 Å². The van der Waals surface area contributed by atoms with Gasteiger partial charge in [-0.3, -0.25) is 9.59 Å². The maximum atomic E-state index is 13.1. The fourth-order valence-electron chi connectivity index (χ4n) is 4.38. The monoisotopic (exact) mass is 466 g/mol. The molecule has 2 fully saturated rings. The van der Waals surface area contributed by atoms with Crippen molar-refractivity contribution < 1.29 is 27.9 Å². The van der Waals surface area contributed by atoms with Gasteiger partial charge in [0.05, 0.1) is 11.0 Å². The molecule has 2 atom stereocenters. The zero-order valence-electron chi connectivity index (χ0n) is 18.9. The SMILES string of the molecule is Cc1ccc(S(=O)(=O)N2CC(O)CC2C(=O)OCC(=O)NC2CCCCCCC2)cc1C. The third-order valence-electron chi connectivity index (χ3n) is 6.41. The molecule has 32 heavy (non-hydrogen) atoms. The van der Waals surface area contributed by atoms with E-state index in [0.717, 1.165) is 54.0 Å². The lowest BCUT2D eigenvalue weighted by molar-refractivity contribution is -0.152. The van der Waals surface area contributed by atoms with Crippen LogP contribution in [-0.4, -0.2) is 61.0 Å². The lowest BCUT2D eigenvalue weighted by Crippen LogP contribution is -2.43. The van der Waals surface area contributed by atoms with Crippen LogP contribution in [-0.2, 0) is 24.3 Å². The van der Waals surface area contributed by atoms with Crippen molar-refractivity contribution >= 4 is 21.9 Å². The Hall–Kier alpha value is -1.97. The number of benzene rings is 1. The molecule has 1 amide bonds. The minimum absolute atomic E-state index is 0.0624. The van der Waals surface area contributed by atoms with Crippen LogP contribution in [0.25, 0.3) is 0 Å². The number of amides is 1. The standard InChI is InChI=1S/C23H34N2O6S/c1-16-10-11-20(12-17(16)2)32(29,30)25-14-19(26)13-21(25)23(28)31-15-22(27)24-18-8-6-4-3-5-7-9-18/h10-12,18-19,21,26H,3-9,13-15H2,1-2H3,(H,24,27). The third-order valence-corrected chi connectivity index (χ3v) is 8.28. The van der Waals surface area contributed by atoms with Crippen molar-refractivity contribution in [2.24, 2.45) is 0 Å². The molecule has 1 aliphatic carbocycles. The number of aryl methyl sites for hydroxylation is 2. The van der Waals surface area contributed by atoms with E-state index in [2.05, 4.69) is 5.32 Å². The van der Waals surface area contributed by atoms with Crippen molar-refractivity contribution in [3.05, 3.63) is 29.3 Å². The molecule has 0 aromatic heterocycles. The predicted octanol–water partition coefficient (Wildman–Crippen LogP) is 2.20. The first kappa shape index (κ1) is 24.7. The Morgan fingerprint density at radius 3 is 2.41 bits per heavy atom. The molecule has 9 heteroatoms. The van der Waals surface area contributed by atoms with Gasteiger partial charge in [-0.1, -0.05) is 38.2 Å². The summed E-state index contributed by atoms with van der Waals surface area (Å²) in [6, 6.07) is 3.68. The summed E-state index contributed by atoms with van der Waals surface area (Å²) in [5.74, 6) is -1.20. The Labute approximate surface area is 190 Å². The molecular weight excluding hydrogens is 432 g/mol. The normalized spacial score (nSPS) is 23.3. The molecule has 1 saturated carbocycles. The van der Waals surface area contributed by atoms with Crippen LogP contribution < -0.4 is 5.32 Å². The largest absolute Gasteiger partial charge is 0.454 e. The summed E-state index contributed by atoms with van der Waals surface area (Å²) in [5.41, 5.74) is 1.77. The van der Waals surface area contributed by atoms with Gasteiger partial charge in [-0.15, -0.1) is 0 Å². The number of aliphatic hydroxyl groups excluding tert-OH is 1. The average Bonchev–Trinajstić information content (AvgIpc) is 3.13. The fraction of sp³-hybridized carbons (Fsp3) is 0.652. The van der Waals surface area contributed by atoms with E-state index in [4.69, 9.17) is 4.74 Å². The first-order valence-electron chi connectivity index (χ1n) is 11.4. The van der Waals surface area contributed by atoms with E-state index in [9.17, 15) is 23.1 Å². The molecule has 1 aromatic rings. The van der Waals surface area contributed by atoms with Gasteiger partial charge in [-0.25, -0.2) is 8.42 Å². The lowest BCUT2D eigenvalue weighted by Gasteiger charge is -2.23. The van der Waals surface area contributed by atoms with E-state index in [-0.39, 0.29) is 29.8 Å². The number of aliphatic hydroxyl groups is 1. The highest BCUT2D eigenvalue weighted by atomic mass is 32.2. The summed E-state index contributed by atoms with van der Waals surface area (Å²) in [6.07, 6.45) is 6.48. The minimum Gasteiger partial charge on any atom is -0.454 e. The van der Waals surface area contributed by atoms with Crippen molar-refractivity contribution in [1.29, 1.82) is 0 Å². The van der Waals surface area contributed by atoms with E-state index in [1.807, 2.05) is 13.8 Å². The van der Waals surface area contributed by atoms with Gasteiger partial charge in [0, 0.05) is 19.0 Å². The Kier molecular flexibility index (Phi) is 8.30. The summed E-state index contributed by atoms with van der Waals surface area (Å²) in [7, 11) is -4.00. The van der Waals surface area contributed by atoms with Gasteiger partial charge in [0.1, 0.15) is 6.04 Å². The van der Waals surface area contributed by atoms with E-state index in [1.54, 1.807) is 12.1 Å². The highest BCUT2D eigenvalue weighted by molar-refractivity contribution is 7.89. The fourth-order valence-corrected chi connectivity index (χ4v) is 6.09. The number of esters is 1. The molecule has 0 bridgehead atoms. The van der Waals surface area contributed by atoms with Crippen molar-refractivity contribution in [2.75, 3.05) is 13.2 Å². The second kappa shape index (κ2) is 10.8. The lowest BCUT2D eigenvalue weighted by atomic mass is 9.97. The molecule has 2 N–H and O–H groups in total. The zero-order chi connectivity index (χ0) is 23.3. The van der Waals surface area contributed by atoms with Crippen molar-refractivity contribution in [3.63, 3.8) is 0 Å². The maximum Gasteiger partial charge on any atom is 0.325 e. The summed E-state index contributed by atoms with van der Waals surface area (Å²) < 4.78 is 32.4. The van der Waals surface area contributed by atoms with Gasteiger partial charge < -0.3 is 15.2 Å². The number of nitrogens with one attached hydrogen (secondary N) is 1. The molecule has 8 nitrogen and oxygen atoms in total. The van der Waals surface area contributed by atoms with Gasteiger partial charge in [0.25, 0.3) is 5.91 Å². The van der Waals surface area contributed by atoms with Gasteiger partial charge in [-0.2, -0.15) is 4.31 Å². The highest BCUT2D eigenvalue weighted by Gasteiger charge is 2.44. The number of nitrogens with zero attached hydrogens (tertiary/aromatic N) is 1. The Morgan fingerprint density at radius 1 is 1.09 bits per heavy atom. The smallest absolute Gasteiger partial charge is 0.325 e. The summed E-state index contributed by atoms with van der Waals surface area (Å²) in [4.78, 5) is 25.0. The molecule has 2 unspecified atom stereocenters. The molecule has 178 valence electrons. The van der Waals surface area contributed by atoms with E-state index in [1.165, 1.54) is 12.5 Å². The second-order valence-corrected chi connectivity index (χ2v) is 10.8. The minimum atomic E-state index is -4.00. The molecule has 1 heterocycles. The summed E-state index contributed by atoms with van der Waals surface area (Å²) >= 11 is 0. The average molecular weight is 467 g/mol. The van der Waals surface area contributed by atoms with E-state index < -0.39 is 34.7 Å². The second-order valence-electron chi connectivity index (χ2n) is 8.94. The van der Waals surface area contributed by atoms with Crippen LogP contribution in [0.15, 0.2) is 23.1 Å². The third kappa shape index (κ3) is 6.08. The van der Waals surface area contributed by atoms with Crippen molar-refractivity contribution in [2.45, 2.75) is 88.3 Å². The molecular formula is C23H34N2O6S. The Balaban J connectivity index is 1.61. The van der Waals surface area contributed by atoms with Gasteiger partial charge in [0.2, 0.25) is 10.0 Å². The number of carbonyl (C=O) groups excluding carboxylic acids is 2. The molecule has 0 spiro atoms. The van der Waals surface area contributed by atoms with Crippen molar-refractivity contribution in [1.82, 2.24) is 9.62 Å². The molecule has 2 aliphatic rings. The molecule has 1 saturated heterocycles. The van der Waals surface area contributed by atoms with Crippen LogP contribution in [0, 0.1) is 13.8 Å². The Morgan fingerprint density at radius 2 is 1.75 bits per heavy atom. The van der Waals surface area contributed by atoms with Gasteiger partial charge in [0.15, 0.2) is 6.61 Å². The number of carbonyl (C=O) groups is 2. The first-order valence-corrected chi connectivity index (χ1v) is 12.9. The number of sulfonamides is 1. The molecule has 0 radical (unpaired) electrons.